The van der Waals surface area contributed by atoms with E-state index in [-0.39, 0.29) is 16.6 Å². The fourth-order valence-corrected chi connectivity index (χ4v) is 1.52. The number of rotatable bonds is 3. The smallest absolute Gasteiger partial charge is 0.270 e. The van der Waals surface area contributed by atoms with Crippen molar-refractivity contribution in [3.63, 3.8) is 0 Å². The van der Waals surface area contributed by atoms with Crippen LogP contribution in [0.15, 0.2) is 12.3 Å². The Morgan fingerprint density at radius 2 is 2.29 bits per heavy atom. The Labute approximate surface area is 92.4 Å². The molecule has 0 radical (unpaired) electrons. The molecular weight excluding hydrogens is 279 g/mol. The van der Waals surface area contributed by atoms with Gasteiger partial charge in [-0.1, -0.05) is 15.9 Å². The van der Waals surface area contributed by atoms with Crippen molar-refractivity contribution >= 4 is 32.8 Å². The normalized spacial score (nSPS) is 10.6. The van der Waals surface area contributed by atoms with Crippen LogP contribution in [0, 0.1) is 0 Å². The van der Waals surface area contributed by atoms with Gasteiger partial charge in [0.15, 0.2) is 0 Å². The Morgan fingerprint density at radius 3 is 2.71 bits per heavy atom. The Kier molecular flexibility index (Phi) is 3.95. The molecule has 0 bridgehead atoms. The monoisotopic (exact) mass is 283 g/mol. The molecule has 0 saturated heterocycles. The van der Waals surface area contributed by atoms with Gasteiger partial charge in [0, 0.05) is 17.1 Å². The molecule has 0 fully saturated rings. The first-order valence-electron chi connectivity index (χ1n) is 3.59. The second-order valence-electron chi connectivity index (χ2n) is 2.48. The van der Waals surface area contributed by atoms with Crippen molar-refractivity contribution in [1.29, 1.82) is 0 Å². The van der Waals surface area contributed by atoms with E-state index < -0.39 is 11.7 Å². The lowest BCUT2D eigenvalue weighted by molar-refractivity contribution is 0.107. The molecule has 0 spiro atoms. The molecule has 14 heavy (non-hydrogen) atoms. The minimum atomic E-state index is -2.60. The van der Waals surface area contributed by atoms with E-state index in [1.807, 2.05) is 0 Å². The number of alkyl halides is 3. The summed E-state index contributed by atoms with van der Waals surface area (Å²) < 4.78 is 24.7. The number of nitrogens with zero attached hydrogens (tertiary/aromatic N) is 1. The maximum absolute atomic E-state index is 12.4. The summed E-state index contributed by atoms with van der Waals surface area (Å²) in [5.41, 5.74) is 0.105. The molecule has 0 N–H and O–H groups in total. The van der Waals surface area contributed by atoms with Gasteiger partial charge in [-0.3, -0.25) is 9.78 Å². The minimum Gasteiger partial charge on any atom is -0.274 e. The molecular formula is C8H5BrClF2NO. The summed E-state index contributed by atoms with van der Waals surface area (Å²) in [6.07, 6.45) is -1.63. The number of carbonyl (C=O) groups is 1. The molecule has 0 unspecified atom stereocenters. The number of carbonyl (C=O) groups excluding carboxylic acids is 1. The maximum atomic E-state index is 12.4. The first-order chi connectivity index (χ1) is 6.56. The van der Waals surface area contributed by atoms with E-state index in [2.05, 4.69) is 20.9 Å². The van der Waals surface area contributed by atoms with E-state index in [1.54, 1.807) is 0 Å². The highest BCUT2D eigenvalue weighted by atomic mass is 79.9. The van der Waals surface area contributed by atoms with Crippen LogP contribution in [0.4, 0.5) is 8.78 Å². The van der Waals surface area contributed by atoms with Crippen LogP contribution < -0.4 is 0 Å². The van der Waals surface area contributed by atoms with Gasteiger partial charge in [-0.15, -0.1) is 0 Å². The molecule has 1 heterocycles. The fourth-order valence-electron chi connectivity index (χ4n) is 0.927. The van der Waals surface area contributed by atoms with E-state index >= 15 is 0 Å². The number of hydrogen-bond acceptors (Lipinski definition) is 2. The van der Waals surface area contributed by atoms with Crippen LogP contribution in [0.25, 0.3) is 0 Å². The molecule has 0 aliphatic rings. The molecule has 0 atom stereocenters. The SMILES string of the molecule is O=C(Cl)c1cc(CBr)c(C(F)F)cn1. The molecule has 0 saturated carbocycles. The zero-order valence-corrected chi connectivity index (χ0v) is 9.15. The molecule has 1 rings (SSSR count). The first-order valence-corrected chi connectivity index (χ1v) is 5.09. The Balaban J connectivity index is 3.18. The Bertz CT molecular complexity index is 359. The van der Waals surface area contributed by atoms with Gasteiger partial charge >= 0.3 is 0 Å². The summed E-state index contributed by atoms with van der Waals surface area (Å²) in [5, 5.41) is -0.528. The highest BCUT2D eigenvalue weighted by Crippen LogP contribution is 2.24. The van der Waals surface area contributed by atoms with Crippen LogP contribution in [-0.4, -0.2) is 10.2 Å². The zero-order chi connectivity index (χ0) is 10.7. The van der Waals surface area contributed by atoms with Gasteiger partial charge in [-0.2, -0.15) is 0 Å². The van der Waals surface area contributed by atoms with E-state index in [1.165, 1.54) is 6.07 Å². The third-order valence-electron chi connectivity index (χ3n) is 1.60. The van der Waals surface area contributed by atoms with Crippen molar-refractivity contribution in [3.05, 3.63) is 29.1 Å². The van der Waals surface area contributed by atoms with Crippen LogP contribution in [0.3, 0.4) is 0 Å². The molecule has 1 aromatic heterocycles. The molecule has 6 heteroatoms. The predicted octanol–water partition coefficient (Wildman–Crippen LogP) is 3.29. The van der Waals surface area contributed by atoms with Crippen LogP contribution in [0.2, 0.25) is 0 Å². The van der Waals surface area contributed by atoms with Gasteiger partial charge < -0.3 is 0 Å². The molecule has 76 valence electrons. The van der Waals surface area contributed by atoms with Gasteiger partial charge in [0.1, 0.15) is 5.69 Å². The lowest BCUT2D eigenvalue weighted by Gasteiger charge is -2.05. The third-order valence-corrected chi connectivity index (χ3v) is 2.40. The van der Waals surface area contributed by atoms with Crippen molar-refractivity contribution in [2.24, 2.45) is 0 Å². The van der Waals surface area contributed by atoms with Gasteiger partial charge in [-0.05, 0) is 23.2 Å². The number of halogens is 4. The number of aromatic nitrogens is 1. The van der Waals surface area contributed by atoms with Gasteiger partial charge in [0.2, 0.25) is 0 Å². The third kappa shape index (κ3) is 2.48. The molecule has 0 aromatic carbocycles. The number of hydrogen-bond donors (Lipinski definition) is 0. The fraction of sp³-hybridized carbons (Fsp3) is 0.250. The predicted molar refractivity (Wildman–Crippen MR) is 52.0 cm³/mol. The van der Waals surface area contributed by atoms with Gasteiger partial charge in [-0.25, -0.2) is 8.78 Å². The van der Waals surface area contributed by atoms with Crippen LogP contribution >= 0.6 is 27.5 Å². The van der Waals surface area contributed by atoms with Crippen molar-refractivity contribution in [2.75, 3.05) is 0 Å². The standard InChI is InChI=1S/C8H5BrClF2NO/c9-2-4-1-6(7(10)14)13-3-5(4)8(11)12/h1,3,8H,2H2. The molecule has 1 aromatic rings. The van der Waals surface area contributed by atoms with E-state index in [0.29, 0.717) is 5.56 Å². The summed E-state index contributed by atoms with van der Waals surface area (Å²) in [6.45, 7) is 0. The second-order valence-corrected chi connectivity index (χ2v) is 3.38. The average molecular weight is 284 g/mol. The Morgan fingerprint density at radius 1 is 1.64 bits per heavy atom. The lowest BCUT2D eigenvalue weighted by Crippen LogP contribution is -2.00. The maximum Gasteiger partial charge on any atom is 0.270 e. The van der Waals surface area contributed by atoms with Crippen molar-refractivity contribution in [2.45, 2.75) is 11.8 Å². The summed E-state index contributed by atoms with van der Waals surface area (Å²) >= 11 is 8.20. The summed E-state index contributed by atoms with van der Waals surface area (Å²) in [6, 6.07) is 1.26. The van der Waals surface area contributed by atoms with Crippen LogP contribution in [0.5, 0.6) is 0 Å². The summed E-state index contributed by atoms with van der Waals surface area (Å²) in [4.78, 5) is 14.2. The van der Waals surface area contributed by atoms with E-state index in [0.717, 1.165) is 6.20 Å². The quantitative estimate of drug-likeness (QED) is 0.630. The largest absolute Gasteiger partial charge is 0.274 e. The van der Waals surface area contributed by atoms with Gasteiger partial charge in [0.05, 0.1) is 0 Å². The topological polar surface area (TPSA) is 30.0 Å². The highest BCUT2D eigenvalue weighted by molar-refractivity contribution is 9.08. The molecule has 0 amide bonds. The molecule has 0 aliphatic carbocycles. The first kappa shape index (κ1) is 11.5. The second kappa shape index (κ2) is 4.79. The van der Waals surface area contributed by atoms with Crippen LogP contribution in [-0.2, 0) is 5.33 Å². The van der Waals surface area contributed by atoms with Crippen molar-refractivity contribution in [3.8, 4) is 0 Å². The average Bonchev–Trinajstić information content (AvgIpc) is 2.16. The lowest BCUT2D eigenvalue weighted by atomic mass is 10.1. The summed E-state index contributed by atoms with van der Waals surface area (Å²) in [7, 11) is 0. The summed E-state index contributed by atoms with van der Waals surface area (Å²) in [5.74, 6) is 0. The zero-order valence-electron chi connectivity index (χ0n) is 6.81. The Hall–Kier alpha value is -0.550. The molecule has 0 aliphatic heterocycles. The highest BCUT2D eigenvalue weighted by Gasteiger charge is 2.15. The van der Waals surface area contributed by atoms with Crippen LogP contribution in [0.1, 0.15) is 28.0 Å². The van der Waals surface area contributed by atoms with E-state index in [4.69, 9.17) is 11.6 Å². The van der Waals surface area contributed by atoms with Crippen molar-refractivity contribution in [1.82, 2.24) is 4.98 Å². The van der Waals surface area contributed by atoms with E-state index in [9.17, 15) is 13.6 Å². The minimum absolute atomic E-state index is 0.0227. The molecule has 2 nitrogen and oxygen atoms in total. The number of pyridine rings is 1. The van der Waals surface area contributed by atoms with Crippen molar-refractivity contribution < 1.29 is 13.6 Å². The van der Waals surface area contributed by atoms with Gasteiger partial charge in [0.25, 0.3) is 11.7 Å².